The number of ether oxygens (including phenoxy) is 2. The van der Waals surface area contributed by atoms with Crippen molar-refractivity contribution in [3.8, 4) is 23.2 Å². The highest BCUT2D eigenvalue weighted by molar-refractivity contribution is 5.80. The van der Waals surface area contributed by atoms with E-state index in [1.54, 1.807) is 18.2 Å². The first-order valence-corrected chi connectivity index (χ1v) is 14.8. The van der Waals surface area contributed by atoms with E-state index in [1.807, 2.05) is 12.1 Å². The van der Waals surface area contributed by atoms with Gasteiger partial charge in [-0.2, -0.15) is 10.2 Å². The van der Waals surface area contributed by atoms with Crippen LogP contribution in [0.2, 0.25) is 0 Å². The Morgan fingerprint density at radius 3 is 2.77 bits per heavy atom. The number of carbonyl (C=O) groups excluding carboxylic acids is 1. The summed E-state index contributed by atoms with van der Waals surface area (Å²) in [6.45, 7) is 6.98. The number of nitrogens with one attached hydrogen (secondary N) is 1. The second-order valence-corrected chi connectivity index (χ2v) is 11.3. The molecule has 3 aliphatic heterocycles. The van der Waals surface area contributed by atoms with Crippen LogP contribution in [-0.4, -0.2) is 113 Å². The van der Waals surface area contributed by atoms with Crippen molar-refractivity contribution < 1.29 is 23.8 Å². The number of anilines is 3. The predicted molar refractivity (Wildman–Crippen MR) is 160 cm³/mol. The van der Waals surface area contributed by atoms with Gasteiger partial charge in [0.1, 0.15) is 30.4 Å². The molecule has 4 atom stereocenters. The largest absolute Gasteiger partial charge is 0.486 e. The summed E-state index contributed by atoms with van der Waals surface area (Å²) in [5.74, 6) is 0.445. The number of hydrogen-bond donors (Lipinski definition) is 2. The normalized spacial score (nSPS) is 22.9. The molecule has 12 nitrogen and oxygen atoms in total. The molecule has 0 bridgehead atoms. The maximum Gasteiger partial charge on any atom is 0.251 e. The third kappa shape index (κ3) is 6.57. The number of likely N-dealkylation sites (tertiary alicyclic amines) is 1. The number of carbonyl (C=O) groups is 1. The zero-order valence-electron chi connectivity index (χ0n) is 24.5. The van der Waals surface area contributed by atoms with Crippen molar-refractivity contribution in [1.82, 2.24) is 24.8 Å². The SMILES string of the molecule is C[C@H](O)C(=O)N1CC[C@H](Oc2ccc(-c3ncnc(Nc4ccc(N5CCN6CCOC[C@H]6C5)cc4)n3)cc2C#N)[C@@H](F)C1. The zero-order valence-corrected chi connectivity index (χ0v) is 24.5. The van der Waals surface area contributed by atoms with Crippen molar-refractivity contribution in [2.45, 2.75) is 37.8 Å². The number of amides is 1. The quantitative estimate of drug-likeness (QED) is 0.412. The van der Waals surface area contributed by atoms with Crippen LogP contribution in [0.3, 0.4) is 0 Å². The number of hydrogen-bond acceptors (Lipinski definition) is 11. The Hall–Kier alpha value is -4.38. The van der Waals surface area contributed by atoms with Gasteiger partial charge in [-0.25, -0.2) is 14.4 Å². The summed E-state index contributed by atoms with van der Waals surface area (Å²) in [5, 5.41) is 22.5. The molecule has 4 heterocycles. The number of aliphatic hydroxyl groups is 1. The highest BCUT2D eigenvalue weighted by Crippen LogP contribution is 2.29. The van der Waals surface area contributed by atoms with Gasteiger partial charge in [-0.1, -0.05) is 0 Å². The number of halogens is 1. The molecule has 1 amide bonds. The van der Waals surface area contributed by atoms with Crippen LogP contribution < -0.4 is 15.0 Å². The van der Waals surface area contributed by atoms with Gasteiger partial charge in [0.2, 0.25) is 5.95 Å². The maximum absolute atomic E-state index is 14.9. The van der Waals surface area contributed by atoms with E-state index in [-0.39, 0.29) is 30.8 Å². The van der Waals surface area contributed by atoms with Crippen LogP contribution in [0.25, 0.3) is 11.4 Å². The summed E-state index contributed by atoms with van der Waals surface area (Å²) >= 11 is 0. The van der Waals surface area contributed by atoms with Gasteiger partial charge in [-0.3, -0.25) is 9.69 Å². The first-order chi connectivity index (χ1) is 21.4. The number of piperidine rings is 1. The van der Waals surface area contributed by atoms with Crippen LogP contribution in [-0.2, 0) is 9.53 Å². The third-order valence-electron chi connectivity index (χ3n) is 8.29. The van der Waals surface area contributed by atoms with Crippen LogP contribution in [0.15, 0.2) is 48.8 Å². The fourth-order valence-electron chi connectivity index (χ4n) is 5.86. The molecular formula is C31H35FN8O4. The van der Waals surface area contributed by atoms with Crippen LogP contribution in [0.5, 0.6) is 5.75 Å². The van der Waals surface area contributed by atoms with E-state index >= 15 is 0 Å². The van der Waals surface area contributed by atoms with E-state index < -0.39 is 24.3 Å². The van der Waals surface area contributed by atoms with Crippen molar-refractivity contribution in [2.24, 2.45) is 0 Å². The highest BCUT2D eigenvalue weighted by Gasteiger charge is 2.34. The van der Waals surface area contributed by atoms with E-state index in [0.717, 1.165) is 50.8 Å². The van der Waals surface area contributed by atoms with Gasteiger partial charge in [-0.05, 0) is 49.4 Å². The second-order valence-electron chi connectivity index (χ2n) is 11.3. The summed E-state index contributed by atoms with van der Waals surface area (Å²) in [5.41, 5.74) is 2.77. The summed E-state index contributed by atoms with van der Waals surface area (Å²) in [7, 11) is 0. The number of alkyl halides is 1. The molecule has 0 spiro atoms. The van der Waals surface area contributed by atoms with Crippen molar-refractivity contribution in [3.05, 3.63) is 54.4 Å². The van der Waals surface area contributed by atoms with E-state index in [1.165, 1.54) is 18.2 Å². The van der Waals surface area contributed by atoms with Gasteiger partial charge in [0.05, 0.1) is 31.4 Å². The van der Waals surface area contributed by atoms with Gasteiger partial charge < -0.3 is 29.7 Å². The van der Waals surface area contributed by atoms with Gasteiger partial charge >= 0.3 is 0 Å². The summed E-state index contributed by atoms with van der Waals surface area (Å²) in [6.07, 6.45) is -1.83. The lowest BCUT2D eigenvalue weighted by Gasteiger charge is -2.44. The van der Waals surface area contributed by atoms with Crippen molar-refractivity contribution in [1.29, 1.82) is 5.26 Å². The molecule has 230 valence electrons. The van der Waals surface area contributed by atoms with Crippen LogP contribution >= 0.6 is 0 Å². The molecule has 0 saturated carbocycles. The molecular weight excluding hydrogens is 567 g/mol. The van der Waals surface area contributed by atoms with Crippen molar-refractivity contribution in [2.75, 3.05) is 62.7 Å². The Balaban J connectivity index is 1.09. The molecule has 6 rings (SSSR count). The number of nitrogens with zero attached hydrogens (tertiary/aromatic N) is 7. The molecule has 13 heteroatoms. The number of aromatic nitrogens is 3. The minimum atomic E-state index is -1.46. The van der Waals surface area contributed by atoms with Crippen LogP contribution in [0.1, 0.15) is 18.9 Å². The molecule has 3 fully saturated rings. The fraction of sp³-hybridized carbons (Fsp3) is 0.452. The van der Waals surface area contributed by atoms with Crippen molar-refractivity contribution >= 4 is 23.2 Å². The molecule has 0 radical (unpaired) electrons. The average molecular weight is 603 g/mol. The van der Waals surface area contributed by atoms with E-state index in [9.17, 15) is 19.6 Å². The smallest absolute Gasteiger partial charge is 0.251 e. The number of nitriles is 1. The molecule has 3 saturated heterocycles. The number of benzene rings is 2. The molecule has 3 aromatic rings. The lowest BCUT2D eigenvalue weighted by Crippen LogP contribution is -2.58. The molecule has 44 heavy (non-hydrogen) atoms. The molecule has 0 aliphatic carbocycles. The monoisotopic (exact) mass is 602 g/mol. The number of rotatable bonds is 7. The van der Waals surface area contributed by atoms with E-state index in [0.29, 0.717) is 23.4 Å². The van der Waals surface area contributed by atoms with Crippen molar-refractivity contribution in [3.63, 3.8) is 0 Å². The molecule has 2 aromatic carbocycles. The number of aliphatic hydroxyl groups excluding tert-OH is 1. The van der Waals surface area contributed by atoms with E-state index in [2.05, 4.69) is 48.3 Å². The topological polar surface area (TPSA) is 140 Å². The first kappa shape index (κ1) is 29.7. The fourth-order valence-corrected chi connectivity index (χ4v) is 5.86. The predicted octanol–water partition coefficient (Wildman–Crippen LogP) is 2.37. The molecule has 2 N–H and O–H groups in total. The first-order valence-electron chi connectivity index (χ1n) is 14.8. The average Bonchev–Trinajstić information content (AvgIpc) is 3.05. The summed E-state index contributed by atoms with van der Waals surface area (Å²) in [4.78, 5) is 31.3. The minimum absolute atomic E-state index is 0.176. The molecule has 0 unspecified atom stereocenters. The number of morpholine rings is 1. The standard InChI is InChI=1S/C31H35FN8O4/c1-20(41)30(42)40-9-8-28(26(32)17-40)44-27-7-2-21(14-22(27)15-33)29-34-19-35-31(37-29)36-23-3-5-24(6-4-23)39-11-10-38-12-13-43-18-25(38)16-39/h2-7,14,19-20,25-26,28,41H,8-13,16-18H2,1H3,(H,34,35,36,37)/t20-,25+,26-,28-/m0/s1. The van der Waals surface area contributed by atoms with Gasteiger partial charge in [0.15, 0.2) is 12.0 Å². The van der Waals surface area contributed by atoms with Gasteiger partial charge in [-0.15, -0.1) is 0 Å². The number of fused-ring (bicyclic) bond motifs is 1. The lowest BCUT2D eigenvalue weighted by atomic mass is 10.0. The lowest BCUT2D eigenvalue weighted by molar-refractivity contribution is -0.143. The highest BCUT2D eigenvalue weighted by atomic mass is 19.1. The minimum Gasteiger partial charge on any atom is -0.486 e. The van der Waals surface area contributed by atoms with E-state index in [4.69, 9.17) is 9.47 Å². The van der Waals surface area contributed by atoms with Crippen LogP contribution in [0.4, 0.5) is 21.7 Å². The third-order valence-corrected chi connectivity index (χ3v) is 8.29. The Kier molecular flexibility index (Phi) is 8.83. The Bertz CT molecular complexity index is 1520. The number of piperazine rings is 1. The summed E-state index contributed by atoms with van der Waals surface area (Å²) in [6, 6.07) is 15.6. The Morgan fingerprint density at radius 1 is 1.16 bits per heavy atom. The Morgan fingerprint density at radius 2 is 2.00 bits per heavy atom. The second kappa shape index (κ2) is 13.1. The summed E-state index contributed by atoms with van der Waals surface area (Å²) < 4.78 is 26.4. The Labute approximate surface area is 255 Å². The molecule has 1 aromatic heterocycles. The van der Waals surface area contributed by atoms with Gasteiger partial charge in [0, 0.05) is 56.1 Å². The maximum atomic E-state index is 14.9. The zero-order chi connectivity index (χ0) is 30.6. The van der Waals surface area contributed by atoms with Gasteiger partial charge in [0.25, 0.3) is 5.91 Å². The molecule has 3 aliphatic rings. The van der Waals surface area contributed by atoms with Crippen LogP contribution in [0, 0.1) is 11.3 Å².